The fraction of sp³-hybridized carbons (Fsp3) is 0.429. The molecule has 2 saturated carbocycles. The summed E-state index contributed by atoms with van der Waals surface area (Å²) in [5.74, 6) is 1.72. The molecule has 0 radical (unpaired) electrons. The van der Waals surface area contributed by atoms with Crippen molar-refractivity contribution in [3.05, 3.63) is 99.2 Å². The lowest BCUT2D eigenvalue weighted by molar-refractivity contribution is -0.114. The number of ketones is 1. The largest absolute Gasteiger partial charge is 0.378 e. The lowest BCUT2D eigenvalue weighted by atomic mass is 9.53. The SMILES string of the molecule is Cc1ccc(S(=O)C=C=C2CCC3C4CCC5=CC(=O)CCC5=C4[C@@H](c4ccc(N(C)C)cc4)C[C@]23C)cc1. The molecule has 0 N–H and O–H groups in total. The average molecular weight is 538 g/mol. The van der Waals surface area contributed by atoms with E-state index in [-0.39, 0.29) is 11.2 Å². The number of aryl methyl sites for hydroxylation is 1. The summed E-state index contributed by atoms with van der Waals surface area (Å²) in [6.07, 6.45) is 8.85. The Morgan fingerprint density at radius 2 is 1.72 bits per heavy atom. The minimum Gasteiger partial charge on any atom is -0.378 e. The van der Waals surface area contributed by atoms with E-state index in [9.17, 15) is 9.00 Å². The Kier molecular flexibility index (Phi) is 6.90. The van der Waals surface area contributed by atoms with E-state index in [1.54, 1.807) is 11.0 Å². The number of nitrogens with zero attached hydrogens (tertiary/aromatic N) is 1. The summed E-state index contributed by atoms with van der Waals surface area (Å²) in [5.41, 5.74) is 13.1. The molecule has 0 aliphatic heterocycles. The van der Waals surface area contributed by atoms with Crippen LogP contribution in [0.5, 0.6) is 0 Å². The number of fused-ring (bicyclic) bond motifs is 4. The molecule has 0 bridgehead atoms. The maximum atomic E-state index is 13.1. The summed E-state index contributed by atoms with van der Waals surface area (Å²) in [6, 6.07) is 17.1. The molecule has 3 unspecified atom stereocenters. The lowest BCUT2D eigenvalue weighted by Crippen LogP contribution is -2.41. The molecule has 202 valence electrons. The molecule has 2 aromatic carbocycles. The van der Waals surface area contributed by atoms with E-state index in [4.69, 9.17) is 0 Å². The highest BCUT2D eigenvalue weighted by Crippen LogP contribution is 2.65. The summed E-state index contributed by atoms with van der Waals surface area (Å²) in [6.45, 7) is 4.50. The summed E-state index contributed by atoms with van der Waals surface area (Å²) >= 11 is 0. The Bertz CT molecular complexity index is 1450. The standard InChI is InChI=1S/C35H39NO2S/c1-23-5-14-29(15-6-23)39(38)20-19-26-10-18-33-31-16-9-25-21-28(37)13-17-30(25)34(31)32(22-35(26,33)2)24-7-11-27(12-8-24)36(3)4/h5-8,11-12,14-15,20-21,31-33H,9-10,13,16-18,22H2,1-4H3/t19?,31?,32-,33?,35-,39?/m1/s1. The Hall–Kier alpha value is -2.94. The summed E-state index contributed by atoms with van der Waals surface area (Å²) in [4.78, 5) is 15.3. The van der Waals surface area contributed by atoms with Gasteiger partial charge in [-0.15, -0.1) is 5.73 Å². The van der Waals surface area contributed by atoms with E-state index in [0.29, 0.717) is 24.2 Å². The van der Waals surface area contributed by atoms with Crippen molar-refractivity contribution in [3.63, 3.8) is 0 Å². The molecule has 39 heavy (non-hydrogen) atoms. The molecule has 4 aliphatic carbocycles. The number of benzene rings is 2. The van der Waals surface area contributed by atoms with Crippen molar-refractivity contribution in [2.75, 3.05) is 19.0 Å². The van der Waals surface area contributed by atoms with E-state index < -0.39 is 10.8 Å². The molecule has 6 rings (SSSR count). The number of rotatable bonds is 4. The van der Waals surface area contributed by atoms with Crippen LogP contribution in [0.25, 0.3) is 0 Å². The molecular formula is C35H39NO2S. The highest BCUT2D eigenvalue weighted by atomic mass is 32.2. The molecule has 4 heteroatoms. The van der Waals surface area contributed by atoms with Crippen molar-refractivity contribution in [1.29, 1.82) is 0 Å². The lowest BCUT2D eigenvalue weighted by Gasteiger charge is -2.51. The third-order valence-corrected chi connectivity index (χ3v) is 11.0. The number of allylic oxidation sites excluding steroid dienone is 5. The maximum absolute atomic E-state index is 13.1. The topological polar surface area (TPSA) is 37.4 Å². The highest BCUT2D eigenvalue weighted by Gasteiger charge is 2.54. The Morgan fingerprint density at radius 3 is 2.44 bits per heavy atom. The zero-order chi connectivity index (χ0) is 27.3. The monoisotopic (exact) mass is 537 g/mol. The maximum Gasteiger partial charge on any atom is 0.156 e. The number of anilines is 1. The van der Waals surface area contributed by atoms with Crippen LogP contribution in [0.15, 0.2) is 92.9 Å². The first-order valence-corrected chi connectivity index (χ1v) is 15.6. The van der Waals surface area contributed by atoms with Crippen molar-refractivity contribution in [3.8, 4) is 0 Å². The summed E-state index contributed by atoms with van der Waals surface area (Å²) < 4.78 is 13.1. The van der Waals surface area contributed by atoms with Crippen LogP contribution in [-0.4, -0.2) is 24.1 Å². The molecule has 0 saturated heterocycles. The first-order chi connectivity index (χ1) is 18.7. The van der Waals surface area contributed by atoms with Crippen LogP contribution in [0.3, 0.4) is 0 Å². The third kappa shape index (κ3) is 4.72. The second kappa shape index (κ2) is 10.2. The molecule has 3 nitrogen and oxygen atoms in total. The van der Waals surface area contributed by atoms with E-state index in [2.05, 4.69) is 62.8 Å². The van der Waals surface area contributed by atoms with Crippen molar-refractivity contribution in [1.82, 2.24) is 0 Å². The van der Waals surface area contributed by atoms with Gasteiger partial charge in [-0.05, 0) is 110 Å². The van der Waals surface area contributed by atoms with Crippen LogP contribution in [0.4, 0.5) is 5.69 Å². The second-order valence-corrected chi connectivity index (χ2v) is 13.7. The molecule has 0 heterocycles. The quantitative estimate of drug-likeness (QED) is 0.373. The average Bonchev–Trinajstić information content (AvgIpc) is 3.27. The van der Waals surface area contributed by atoms with E-state index in [1.807, 2.05) is 30.3 Å². The number of carbonyl (C=O) groups excluding carboxylic acids is 1. The van der Waals surface area contributed by atoms with Crippen LogP contribution in [0, 0.1) is 24.2 Å². The van der Waals surface area contributed by atoms with Crippen LogP contribution >= 0.6 is 0 Å². The van der Waals surface area contributed by atoms with Gasteiger partial charge < -0.3 is 4.90 Å². The first-order valence-electron chi connectivity index (χ1n) is 14.4. The number of hydrogen-bond donors (Lipinski definition) is 0. The fourth-order valence-corrected chi connectivity index (χ4v) is 8.67. The van der Waals surface area contributed by atoms with Crippen LogP contribution in [0.2, 0.25) is 0 Å². The Balaban J connectivity index is 1.42. The smallest absolute Gasteiger partial charge is 0.156 e. The fourth-order valence-electron chi connectivity index (χ4n) is 7.88. The molecular weight excluding hydrogens is 498 g/mol. The molecule has 0 aromatic heterocycles. The Morgan fingerprint density at radius 1 is 0.974 bits per heavy atom. The van der Waals surface area contributed by atoms with Gasteiger partial charge in [-0.2, -0.15) is 0 Å². The molecule has 5 atom stereocenters. The van der Waals surface area contributed by atoms with Gasteiger partial charge in [0.25, 0.3) is 0 Å². The van der Waals surface area contributed by atoms with Crippen molar-refractivity contribution in [2.24, 2.45) is 17.3 Å². The van der Waals surface area contributed by atoms with Gasteiger partial charge in [0.05, 0.1) is 10.8 Å². The first kappa shape index (κ1) is 26.3. The van der Waals surface area contributed by atoms with E-state index >= 15 is 0 Å². The molecule has 2 fully saturated rings. The van der Waals surface area contributed by atoms with Crippen molar-refractivity contribution >= 4 is 22.3 Å². The van der Waals surface area contributed by atoms with E-state index in [0.717, 1.165) is 43.4 Å². The number of hydrogen-bond acceptors (Lipinski definition) is 3. The van der Waals surface area contributed by atoms with Gasteiger partial charge in [-0.3, -0.25) is 4.79 Å². The van der Waals surface area contributed by atoms with Crippen molar-refractivity contribution in [2.45, 2.75) is 69.6 Å². The highest BCUT2D eigenvalue weighted by molar-refractivity contribution is 7.88. The zero-order valence-corrected chi connectivity index (χ0v) is 24.4. The Labute approximate surface area is 235 Å². The molecule has 0 amide bonds. The predicted molar refractivity (Wildman–Crippen MR) is 160 cm³/mol. The van der Waals surface area contributed by atoms with Gasteiger partial charge in [-0.25, -0.2) is 4.21 Å². The van der Waals surface area contributed by atoms with Crippen molar-refractivity contribution < 1.29 is 9.00 Å². The van der Waals surface area contributed by atoms with Gasteiger partial charge in [0.15, 0.2) is 5.78 Å². The van der Waals surface area contributed by atoms with Gasteiger partial charge >= 0.3 is 0 Å². The summed E-state index contributed by atoms with van der Waals surface area (Å²) in [7, 11) is 2.97. The van der Waals surface area contributed by atoms with Crippen LogP contribution in [-0.2, 0) is 15.6 Å². The van der Waals surface area contributed by atoms with Gasteiger partial charge in [-0.1, -0.05) is 42.3 Å². The van der Waals surface area contributed by atoms with Gasteiger partial charge in [0, 0.05) is 47.8 Å². The van der Waals surface area contributed by atoms with Crippen LogP contribution < -0.4 is 4.90 Å². The van der Waals surface area contributed by atoms with Gasteiger partial charge in [0.2, 0.25) is 0 Å². The second-order valence-electron chi connectivity index (χ2n) is 12.4. The van der Waals surface area contributed by atoms with E-state index in [1.165, 1.54) is 33.5 Å². The normalized spacial score (nSPS) is 28.6. The third-order valence-electron chi connectivity index (χ3n) is 9.92. The number of carbonyl (C=O) groups is 1. The molecule has 2 aromatic rings. The van der Waals surface area contributed by atoms with Gasteiger partial charge in [0.1, 0.15) is 0 Å². The molecule has 4 aliphatic rings. The molecule has 0 spiro atoms. The van der Waals surface area contributed by atoms with Crippen LogP contribution in [0.1, 0.15) is 68.9 Å². The zero-order valence-electron chi connectivity index (χ0n) is 23.6. The minimum absolute atomic E-state index is 0.0271. The summed E-state index contributed by atoms with van der Waals surface area (Å²) in [5, 5.41) is 1.80. The predicted octanol–water partition coefficient (Wildman–Crippen LogP) is 7.81. The minimum atomic E-state index is -1.20.